The van der Waals surface area contributed by atoms with Crippen LogP contribution < -0.4 is 0 Å². The molecular formula is C11H16O4. The summed E-state index contributed by atoms with van der Waals surface area (Å²) in [5, 5.41) is 8.46. The first-order valence-electron chi connectivity index (χ1n) is 5.09. The van der Waals surface area contributed by atoms with Crippen LogP contribution in [0, 0.1) is 0 Å². The summed E-state index contributed by atoms with van der Waals surface area (Å²) in [5.41, 5.74) is 0. The number of hydrogen-bond donors (Lipinski definition) is 1. The molecule has 0 aliphatic heterocycles. The molecule has 0 aliphatic rings. The van der Waals surface area contributed by atoms with Crippen LogP contribution in [-0.2, 0) is 22.6 Å². The standard InChI is InChI=1S/C11H16O4/c1-2-14-8-10-7-6-9(15-10)4-3-5-11(12)13/h6-7H,2-5,8H2,1H3,(H,12,13). The molecular weight excluding hydrogens is 196 g/mol. The van der Waals surface area contributed by atoms with E-state index in [9.17, 15) is 4.79 Å². The number of carboxylic acids is 1. The smallest absolute Gasteiger partial charge is 0.303 e. The summed E-state index contributed by atoms with van der Waals surface area (Å²) in [6, 6.07) is 3.74. The Labute approximate surface area is 88.8 Å². The van der Waals surface area contributed by atoms with Gasteiger partial charge in [0.05, 0.1) is 0 Å². The van der Waals surface area contributed by atoms with Crippen LogP contribution >= 0.6 is 0 Å². The van der Waals surface area contributed by atoms with Crippen molar-refractivity contribution in [3.8, 4) is 0 Å². The normalized spacial score (nSPS) is 10.5. The fraction of sp³-hybridized carbons (Fsp3) is 0.545. The number of carbonyl (C=O) groups is 1. The summed E-state index contributed by atoms with van der Waals surface area (Å²) in [4.78, 5) is 10.3. The Kier molecular flexibility index (Phi) is 4.90. The lowest BCUT2D eigenvalue weighted by atomic mass is 10.2. The Morgan fingerprint density at radius 2 is 2.20 bits per heavy atom. The molecule has 0 saturated heterocycles. The van der Waals surface area contributed by atoms with Gasteiger partial charge in [0.15, 0.2) is 0 Å². The van der Waals surface area contributed by atoms with Crippen LogP contribution in [0.25, 0.3) is 0 Å². The van der Waals surface area contributed by atoms with Crippen LogP contribution in [0.5, 0.6) is 0 Å². The highest BCUT2D eigenvalue weighted by atomic mass is 16.5. The number of carboxylic acid groups (broad SMARTS) is 1. The molecule has 0 saturated carbocycles. The lowest BCUT2D eigenvalue weighted by molar-refractivity contribution is -0.137. The van der Waals surface area contributed by atoms with Crippen LogP contribution in [0.4, 0.5) is 0 Å². The van der Waals surface area contributed by atoms with Crippen LogP contribution in [-0.4, -0.2) is 17.7 Å². The summed E-state index contributed by atoms with van der Waals surface area (Å²) >= 11 is 0. The van der Waals surface area contributed by atoms with Crippen LogP contribution in [0.2, 0.25) is 0 Å². The van der Waals surface area contributed by atoms with Crippen LogP contribution in [0.15, 0.2) is 16.5 Å². The van der Waals surface area contributed by atoms with Crippen molar-refractivity contribution in [1.82, 2.24) is 0 Å². The third-order valence-corrected chi connectivity index (χ3v) is 1.98. The maximum Gasteiger partial charge on any atom is 0.303 e. The molecule has 0 amide bonds. The third kappa shape index (κ3) is 4.65. The monoisotopic (exact) mass is 212 g/mol. The van der Waals surface area contributed by atoms with Gasteiger partial charge in [-0.1, -0.05) is 0 Å². The Hall–Kier alpha value is -1.29. The zero-order chi connectivity index (χ0) is 11.1. The number of aliphatic carboxylic acids is 1. The molecule has 1 aromatic rings. The van der Waals surface area contributed by atoms with E-state index in [1.165, 1.54) is 0 Å². The minimum absolute atomic E-state index is 0.182. The van der Waals surface area contributed by atoms with E-state index in [-0.39, 0.29) is 6.42 Å². The second kappa shape index (κ2) is 6.24. The lowest BCUT2D eigenvalue weighted by Crippen LogP contribution is -1.95. The van der Waals surface area contributed by atoms with Gasteiger partial charge >= 0.3 is 5.97 Å². The highest BCUT2D eigenvalue weighted by molar-refractivity contribution is 5.66. The molecule has 1 aromatic heterocycles. The quantitative estimate of drug-likeness (QED) is 0.752. The van der Waals surface area contributed by atoms with E-state index in [0.717, 1.165) is 11.5 Å². The Morgan fingerprint density at radius 3 is 2.87 bits per heavy atom. The highest BCUT2D eigenvalue weighted by Gasteiger charge is 2.03. The van der Waals surface area contributed by atoms with Gasteiger partial charge < -0.3 is 14.3 Å². The molecule has 0 aromatic carbocycles. The van der Waals surface area contributed by atoms with Gasteiger partial charge in [0.2, 0.25) is 0 Å². The van der Waals surface area contributed by atoms with Gasteiger partial charge in [-0.2, -0.15) is 0 Å². The largest absolute Gasteiger partial charge is 0.481 e. The fourth-order valence-electron chi connectivity index (χ4n) is 1.25. The first kappa shape index (κ1) is 11.8. The van der Waals surface area contributed by atoms with Crippen LogP contribution in [0.1, 0.15) is 31.3 Å². The van der Waals surface area contributed by atoms with E-state index in [2.05, 4.69) is 0 Å². The maximum atomic E-state index is 10.3. The second-order valence-electron chi connectivity index (χ2n) is 3.25. The molecule has 4 nitrogen and oxygen atoms in total. The molecule has 4 heteroatoms. The van der Waals surface area contributed by atoms with Gasteiger partial charge in [-0.05, 0) is 25.5 Å². The molecule has 1 N–H and O–H groups in total. The molecule has 15 heavy (non-hydrogen) atoms. The minimum Gasteiger partial charge on any atom is -0.481 e. The maximum absolute atomic E-state index is 10.3. The van der Waals surface area contributed by atoms with Crippen molar-refractivity contribution in [3.63, 3.8) is 0 Å². The minimum atomic E-state index is -0.768. The van der Waals surface area contributed by atoms with Gasteiger partial charge in [0.1, 0.15) is 18.1 Å². The van der Waals surface area contributed by atoms with Crippen LogP contribution in [0.3, 0.4) is 0 Å². The number of ether oxygens (including phenoxy) is 1. The van der Waals surface area contributed by atoms with E-state index in [1.807, 2.05) is 19.1 Å². The Morgan fingerprint density at radius 1 is 1.47 bits per heavy atom. The molecule has 0 atom stereocenters. The topological polar surface area (TPSA) is 59.7 Å². The molecule has 0 radical (unpaired) electrons. The number of aryl methyl sites for hydroxylation is 1. The van der Waals surface area contributed by atoms with Gasteiger partial charge in [-0.15, -0.1) is 0 Å². The van der Waals surface area contributed by atoms with E-state index in [4.69, 9.17) is 14.3 Å². The summed E-state index contributed by atoms with van der Waals surface area (Å²) in [6.07, 6.45) is 1.46. The molecule has 0 unspecified atom stereocenters. The van der Waals surface area contributed by atoms with Crippen molar-refractivity contribution in [2.75, 3.05) is 6.61 Å². The zero-order valence-electron chi connectivity index (χ0n) is 8.86. The van der Waals surface area contributed by atoms with E-state index >= 15 is 0 Å². The Bertz CT molecular complexity index is 303. The second-order valence-corrected chi connectivity index (χ2v) is 3.25. The number of rotatable bonds is 7. The zero-order valence-corrected chi connectivity index (χ0v) is 8.86. The predicted octanol–water partition coefficient (Wildman–Crippen LogP) is 2.22. The Balaban J connectivity index is 2.29. The van der Waals surface area contributed by atoms with Gasteiger partial charge in [0.25, 0.3) is 0 Å². The van der Waals surface area contributed by atoms with Crippen molar-refractivity contribution in [1.29, 1.82) is 0 Å². The molecule has 0 fully saturated rings. The summed E-state index contributed by atoms with van der Waals surface area (Å²) < 4.78 is 10.6. The summed E-state index contributed by atoms with van der Waals surface area (Å²) in [7, 11) is 0. The highest BCUT2D eigenvalue weighted by Crippen LogP contribution is 2.11. The van der Waals surface area contributed by atoms with Crippen molar-refractivity contribution in [3.05, 3.63) is 23.7 Å². The average molecular weight is 212 g/mol. The first-order valence-corrected chi connectivity index (χ1v) is 5.09. The van der Waals surface area contributed by atoms with Crippen molar-refractivity contribution in [2.45, 2.75) is 32.8 Å². The number of hydrogen-bond acceptors (Lipinski definition) is 3. The van der Waals surface area contributed by atoms with Crippen molar-refractivity contribution in [2.24, 2.45) is 0 Å². The molecule has 0 aliphatic carbocycles. The average Bonchev–Trinajstić information content (AvgIpc) is 2.62. The lowest BCUT2D eigenvalue weighted by Gasteiger charge is -1.97. The molecule has 0 bridgehead atoms. The number of furan rings is 1. The predicted molar refractivity (Wildman–Crippen MR) is 54.6 cm³/mol. The molecule has 0 spiro atoms. The fourth-order valence-corrected chi connectivity index (χ4v) is 1.25. The van der Waals surface area contributed by atoms with E-state index in [1.54, 1.807) is 0 Å². The first-order chi connectivity index (χ1) is 7.22. The molecule has 1 rings (SSSR count). The third-order valence-electron chi connectivity index (χ3n) is 1.98. The van der Waals surface area contributed by atoms with Gasteiger partial charge in [0, 0.05) is 19.4 Å². The molecule has 1 heterocycles. The van der Waals surface area contributed by atoms with Crippen molar-refractivity contribution >= 4 is 5.97 Å². The van der Waals surface area contributed by atoms with E-state index in [0.29, 0.717) is 26.1 Å². The van der Waals surface area contributed by atoms with Gasteiger partial charge in [-0.25, -0.2) is 0 Å². The summed E-state index contributed by atoms with van der Waals surface area (Å²) in [6.45, 7) is 3.07. The van der Waals surface area contributed by atoms with Crippen molar-refractivity contribution < 1.29 is 19.1 Å². The molecule has 84 valence electrons. The van der Waals surface area contributed by atoms with E-state index < -0.39 is 5.97 Å². The van der Waals surface area contributed by atoms with Gasteiger partial charge in [-0.3, -0.25) is 4.79 Å². The SMILES string of the molecule is CCOCc1ccc(CCCC(=O)O)o1. The summed E-state index contributed by atoms with van der Waals surface area (Å²) in [5.74, 6) is 0.851.